The van der Waals surface area contributed by atoms with Gasteiger partial charge in [0.15, 0.2) is 15.4 Å². The van der Waals surface area contributed by atoms with Gasteiger partial charge in [0.2, 0.25) is 0 Å². The van der Waals surface area contributed by atoms with E-state index in [1.165, 1.54) is 5.56 Å². The van der Waals surface area contributed by atoms with Gasteiger partial charge in [0, 0.05) is 25.7 Å². The summed E-state index contributed by atoms with van der Waals surface area (Å²) in [5.74, 6) is 0.984. The van der Waals surface area contributed by atoms with Crippen molar-refractivity contribution in [2.45, 2.75) is 44.2 Å². The highest BCUT2D eigenvalue weighted by molar-refractivity contribution is 7.91. The summed E-state index contributed by atoms with van der Waals surface area (Å²) in [5.41, 5.74) is 2.40. The number of anilines is 1. The average Bonchev–Trinajstić information content (AvgIpc) is 3.17. The topological polar surface area (TPSA) is 84.7 Å². The Morgan fingerprint density at radius 1 is 1.16 bits per heavy atom. The molecule has 0 aliphatic carbocycles. The van der Waals surface area contributed by atoms with Gasteiger partial charge in [-0.3, -0.25) is 4.90 Å². The number of fused-ring (bicyclic) bond motifs is 1. The lowest BCUT2D eigenvalue weighted by molar-refractivity contribution is 0.210. The van der Waals surface area contributed by atoms with Crippen molar-refractivity contribution < 1.29 is 17.6 Å². The number of hydrogen-bond acceptors (Lipinski definition) is 7. The van der Waals surface area contributed by atoms with E-state index in [0.717, 1.165) is 38.2 Å². The van der Waals surface area contributed by atoms with E-state index in [1.54, 1.807) is 25.1 Å². The van der Waals surface area contributed by atoms with E-state index < -0.39 is 9.84 Å². The fourth-order valence-electron chi connectivity index (χ4n) is 3.90. The minimum absolute atomic E-state index is 0.0654. The standard InChI is InChI=1S/C23H29N3O4S/c1-3-29-19-7-5-6-17(14-19)16-26-12-10-18(11-13-26)24-23-25-21-15-20(31(27,28)4-2)8-9-22(21)30-23/h5-9,14-15,18H,3-4,10-13,16H2,1-2H3,(H,24,25). The number of hydrogen-bond donors (Lipinski definition) is 1. The lowest BCUT2D eigenvalue weighted by atomic mass is 10.0. The number of aromatic nitrogens is 1. The maximum absolute atomic E-state index is 12.1. The molecule has 2 heterocycles. The van der Waals surface area contributed by atoms with Crippen molar-refractivity contribution in [3.63, 3.8) is 0 Å². The van der Waals surface area contributed by atoms with Gasteiger partial charge in [-0.05, 0) is 55.7 Å². The summed E-state index contributed by atoms with van der Waals surface area (Å²) in [7, 11) is -3.26. The molecule has 31 heavy (non-hydrogen) atoms. The Morgan fingerprint density at radius 3 is 2.71 bits per heavy atom. The van der Waals surface area contributed by atoms with E-state index in [2.05, 4.69) is 27.3 Å². The van der Waals surface area contributed by atoms with Crippen molar-refractivity contribution >= 4 is 27.0 Å². The first-order chi connectivity index (χ1) is 15.0. The fraction of sp³-hybridized carbons (Fsp3) is 0.435. The number of nitrogens with zero attached hydrogens (tertiary/aromatic N) is 2. The van der Waals surface area contributed by atoms with Gasteiger partial charge in [-0.1, -0.05) is 19.1 Å². The molecule has 2 aromatic carbocycles. The quantitative estimate of drug-likeness (QED) is 0.561. The molecule has 0 spiro atoms. The minimum atomic E-state index is -3.26. The number of ether oxygens (including phenoxy) is 1. The Kier molecular flexibility index (Phi) is 6.48. The van der Waals surface area contributed by atoms with Crippen molar-refractivity contribution in [2.75, 3.05) is 30.8 Å². The van der Waals surface area contributed by atoms with E-state index in [4.69, 9.17) is 9.15 Å². The van der Waals surface area contributed by atoms with Crippen LogP contribution < -0.4 is 10.1 Å². The van der Waals surface area contributed by atoms with Crippen LogP contribution in [-0.2, 0) is 16.4 Å². The summed E-state index contributed by atoms with van der Waals surface area (Å²) in [6.07, 6.45) is 1.97. The first-order valence-corrected chi connectivity index (χ1v) is 12.5. The van der Waals surface area contributed by atoms with Crippen LogP contribution in [0.2, 0.25) is 0 Å². The maximum Gasteiger partial charge on any atom is 0.295 e. The molecule has 7 nitrogen and oxygen atoms in total. The van der Waals surface area contributed by atoms with Crippen molar-refractivity contribution in [3.8, 4) is 5.75 Å². The number of oxazole rings is 1. The van der Waals surface area contributed by atoms with Crippen molar-refractivity contribution in [3.05, 3.63) is 48.0 Å². The second-order valence-corrected chi connectivity index (χ2v) is 10.1. The molecule has 1 saturated heterocycles. The number of sulfone groups is 1. The van der Waals surface area contributed by atoms with Crippen molar-refractivity contribution in [2.24, 2.45) is 0 Å². The SMILES string of the molecule is CCOc1cccc(CN2CCC(Nc3nc4cc(S(=O)(=O)CC)ccc4o3)CC2)c1. The van der Waals surface area contributed by atoms with E-state index in [1.807, 2.05) is 19.1 Å². The van der Waals surface area contributed by atoms with Gasteiger partial charge >= 0.3 is 0 Å². The molecule has 8 heteroatoms. The second kappa shape index (κ2) is 9.28. The average molecular weight is 444 g/mol. The molecule has 0 atom stereocenters. The van der Waals surface area contributed by atoms with Gasteiger partial charge in [0.1, 0.15) is 11.3 Å². The molecule has 1 fully saturated rings. The Labute approximate surface area is 183 Å². The molecule has 0 bridgehead atoms. The highest BCUT2D eigenvalue weighted by atomic mass is 32.2. The van der Waals surface area contributed by atoms with Crippen LogP contribution in [0.5, 0.6) is 5.75 Å². The molecule has 0 radical (unpaired) electrons. The lowest BCUT2D eigenvalue weighted by Crippen LogP contribution is -2.38. The zero-order chi connectivity index (χ0) is 21.8. The largest absolute Gasteiger partial charge is 0.494 e. The molecule has 1 aromatic heterocycles. The smallest absolute Gasteiger partial charge is 0.295 e. The van der Waals surface area contributed by atoms with Gasteiger partial charge in [0.05, 0.1) is 17.3 Å². The second-order valence-electron chi connectivity index (χ2n) is 7.83. The molecule has 1 aliphatic rings. The predicted molar refractivity (Wildman–Crippen MR) is 121 cm³/mol. The summed E-state index contributed by atoms with van der Waals surface area (Å²) in [4.78, 5) is 7.18. The normalized spacial score (nSPS) is 15.9. The van der Waals surface area contributed by atoms with E-state index in [9.17, 15) is 8.42 Å². The van der Waals surface area contributed by atoms with Crippen LogP contribution in [0.15, 0.2) is 51.8 Å². The lowest BCUT2D eigenvalue weighted by Gasteiger charge is -2.32. The van der Waals surface area contributed by atoms with Crippen molar-refractivity contribution in [1.82, 2.24) is 9.88 Å². The molecule has 3 aromatic rings. The van der Waals surface area contributed by atoms with Gasteiger partial charge < -0.3 is 14.5 Å². The van der Waals surface area contributed by atoms with Gasteiger partial charge in [0.25, 0.3) is 6.01 Å². The zero-order valence-corrected chi connectivity index (χ0v) is 18.8. The minimum Gasteiger partial charge on any atom is -0.494 e. The Hall–Kier alpha value is -2.58. The van der Waals surface area contributed by atoms with Crippen molar-refractivity contribution in [1.29, 1.82) is 0 Å². The Bertz CT molecular complexity index is 1130. The first kappa shape index (κ1) is 21.6. The Balaban J connectivity index is 1.34. The third-order valence-electron chi connectivity index (χ3n) is 5.63. The summed E-state index contributed by atoms with van der Waals surface area (Å²) < 4.78 is 35.6. The first-order valence-electron chi connectivity index (χ1n) is 10.8. The summed E-state index contributed by atoms with van der Waals surface area (Å²) >= 11 is 0. The number of rotatable bonds is 8. The fourth-order valence-corrected chi connectivity index (χ4v) is 4.80. The summed E-state index contributed by atoms with van der Waals surface area (Å²) in [6.45, 7) is 7.17. The van der Waals surface area contributed by atoms with Crippen LogP contribution in [0.3, 0.4) is 0 Å². The number of likely N-dealkylation sites (tertiary alicyclic amines) is 1. The Morgan fingerprint density at radius 2 is 1.97 bits per heavy atom. The third kappa shape index (κ3) is 5.19. The monoisotopic (exact) mass is 443 g/mol. The third-order valence-corrected chi connectivity index (χ3v) is 7.36. The summed E-state index contributed by atoms with van der Waals surface area (Å²) in [6, 6.07) is 13.8. The number of piperidine rings is 1. The van der Waals surface area contributed by atoms with Crippen LogP contribution >= 0.6 is 0 Å². The number of nitrogens with one attached hydrogen (secondary N) is 1. The van der Waals surface area contributed by atoms with Crippen LogP contribution in [0.25, 0.3) is 11.1 Å². The molecule has 0 unspecified atom stereocenters. The highest BCUT2D eigenvalue weighted by Crippen LogP contribution is 2.25. The van der Waals surface area contributed by atoms with Gasteiger partial charge in [-0.2, -0.15) is 4.98 Å². The molecule has 166 valence electrons. The highest BCUT2D eigenvalue weighted by Gasteiger charge is 2.21. The van der Waals surface area contributed by atoms with Crippen LogP contribution in [0.1, 0.15) is 32.3 Å². The predicted octanol–water partition coefficient (Wildman–Crippen LogP) is 4.10. The summed E-state index contributed by atoms with van der Waals surface area (Å²) in [5, 5.41) is 3.38. The van der Waals surface area contributed by atoms with Gasteiger partial charge in [-0.25, -0.2) is 8.42 Å². The molecule has 4 rings (SSSR count). The molecular formula is C23H29N3O4S. The molecule has 1 aliphatic heterocycles. The number of benzene rings is 2. The molecule has 0 amide bonds. The van der Waals surface area contributed by atoms with E-state index in [-0.39, 0.29) is 16.7 Å². The molecule has 1 N–H and O–H groups in total. The van der Waals surface area contributed by atoms with E-state index >= 15 is 0 Å². The van der Waals surface area contributed by atoms with Crippen LogP contribution in [-0.4, -0.2) is 49.8 Å². The van der Waals surface area contributed by atoms with Gasteiger partial charge in [-0.15, -0.1) is 0 Å². The van der Waals surface area contributed by atoms with Crippen LogP contribution in [0, 0.1) is 0 Å². The zero-order valence-electron chi connectivity index (χ0n) is 18.0. The van der Waals surface area contributed by atoms with E-state index in [0.29, 0.717) is 23.7 Å². The van der Waals surface area contributed by atoms with Crippen LogP contribution in [0.4, 0.5) is 6.01 Å². The maximum atomic E-state index is 12.1. The molecule has 0 saturated carbocycles. The molecular weight excluding hydrogens is 414 g/mol.